The number of nitrogens with one attached hydrogen (secondary N) is 3. The third kappa shape index (κ3) is 2.85. The Labute approximate surface area is 112 Å². The van der Waals surface area contributed by atoms with Crippen molar-refractivity contribution in [2.45, 2.75) is 6.54 Å². The average Bonchev–Trinajstić information content (AvgIpc) is 2.97. The number of nitro groups is 1. The van der Waals surface area contributed by atoms with Gasteiger partial charge in [0.1, 0.15) is 5.69 Å². The summed E-state index contributed by atoms with van der Waals surface area (Å²) in [6, 6.07) is 4.06. The number of hydrogen-bond donors (Lipinski definition) is 3. The molecule has 104 valence electrons. The molecule has 1 aromatic carbocycles. The Hall–Kier alpha value is -3.04. The molecule has 0 fully saturated rings. The van der Waals surface area contributed by atoms with E-state index in [1.165, 1.54) is 18.2 Å². The first-order valence-electron chi connectivity index (χ1n) is 5.58. The van der Waals surface area contributed by atoms with Gasteiger partial charge in [0.05, 0.1) is 11.5 Å². The second-order valence-electron chi connectivity index (χ2n) is 3.75. The number of carbonyl (C=O) groups is 1. The minimum Gasteiger partial charge on any atom is -0.383 e. The van der Waals surface area contributed by atoms with Gasteiger partial charge in [0.15, 0.2) is 5.82 Å². The molecule has 20 heavy (non-hydrogen) atoms. The van der Waals surface area contributed by atoms with Crippen molar-refractivity contribution in [3.63, 3.8) is 0 Å². The molecule has 1 heterocycles. The smallest absolute Gasteiger partial charge is 0.292 e. The van der Waals surface area contributed by atoms with Gasteiger partial charge in [-0.15, -0.1) is 10.2 Å². The predicted octanol–water partition coefficient (Wildman–Crippen LogP) is 0.0796. The number of benzene rings is 1. The zero-order valence-electron chi connectivity index (χ0n) is 10.5. The number of aromatic nitrogens is 4. The van der Waals surface area contributed by atoms with Crippen molar-refractivity contribution in [2.24, 2.45) is 0 Å². The zero-order chi connectivity index (χ0) is 14.5. The van der Waals surface area contributed by atoms with Crippen molar-refractivity contribution in [2.75, 3.05) is 12.4 Å². The number of carbonyl (C=O) groups excluding carboxylic acids is 1. The quantitative estimate of drug-likeness (QED) is 0.519. The molecule has 10 heteroatoms. The van der Waals surface area contributed by atoms with E-state index in [4.69, 9.17) is 0 Å². The number of nitro benzene ring substituents is 1. The van der Waals surface area contributed by atoms with Gasteiger partial charge in [-0.3, -0.25) is 14.9 Å². The van der Waals surface area contributed by atoms with Crippen LogP contribution in [0.15, 0.2) is 18.2 Å². The van der Waals surface area contributed by atoms with Gasteiger partial charge in [-0.1, -0.05) is 5.21 Å². The maximum Gasteiger partial charge on any atom is 0.292 e. The molecule has 0 radical (unpaired) electrons. The molecular weight excluding hydrogens is 266 g/mol. The number of hydrogen-bond acceptors (Lipinski definition) is 7. The van der Waals surface area contributed by atoms with E-state index in [0.29, 0.717) is 11.4 Å². The molecule has 0 saturated carbocycles. The molecule has 1 amide bonds. The van der Waals surface area contributed by atoms with Crippen LogP contribution in [0.3, 0.4) is 0 Å². The molecule has 3 N–H and O–H groups in total. The molecule has 2 aromatic rings. The standard InChI is InChI=1S/C10H11N7O3/c1-11-7-4-6(2-3-8(7)17(19)20)10(18)12-5-9-13-15-16-14-9/h2-4,11H,5H2,1H3,(H,12,18)(H,13,14,15,16). The van der Waals surface area contributed by atoms with Crippen LogP contribution in [0, 0.1) is 10.1 Å². The van der Waals surface area contributed by atoms with E-state index in [-0.39, 0.29) is 23.8 Å². The maximum atomic E-state index is 11.9. The fourth-order valence-corrected chi connectivity index (χ4v) is 1.56. The van der Waals surface area contributed by atoms with Crippen LogP contribution in [-0.2, 0) is 6.54 Å². The number of nitrogens with zero attached hydrogens (tertiary/aromatic N) is 4. The first-order valence-corrected chi connectivity index (χ1v) is 5.58. The van der Waals surface area contributed by atoms with Crippen molar-refractivity contribution in [1.82, 2.24) is 25.9 Å². The van der Waals surface area contributed by atoms with Gasteiger partial charge in [0.25, 0.3) is 11.6 Å². The molecule has 0 bridgehead atoms. The van der Waals surface area contributed by atoms with Crippen LogP contribution in [-0.4, -0.2) is 38.5 Å². The van der Waals surface area contributed by atoms with E-state index in [1.54, 1.807) is 7.05 Å². The number of aromatic amines is 1. The highest BCUT2D eigenvalue weighted by atomic mass is 16.6. The molecule has 0 spiro atoms. The molecule has 0 aliphatic carbocycles. The summed E-state index contributed by atoms with van der Waals surface area (Å²) in [6.07, 6.45) is 0. The molecule has 2 rings (SSSR count). The zero-order valence-corrected chi connectivity index (χ0v) is 10.5. The van der Waals surface area contributed by atoms with Crippen molar-refractivity contribution in [1.29, 1.82) is 0 Å². The molecule has 0 atom stereocenters. The summed E-state index contributed by atoms with van der Waals surface area (Å²) in [6.45, 7) is 0.112. The van der Waals surface area contributed by atoms with Gasteiger partial charge in [-0.05, 0) is 12.1 Å². The second kappa shape index (κ2) is 5.73. The normalized spacial score (nSPS) is 10.1. The Morgan fingerprint density at radius 3 is 2.90 bits per heavy atom. The Kier molecular flexibility index (Phi) is 3.84. The highest BCUT2D eigenvalue weighted by Gasteiger charge is 2.16. The van der Waals surface area contributed by atoms with E-state index in [0.717, 1.165) is 0 Å². The minimum absolute atomic E-state index is 0.0952. The van der Waals surface area contributed by atoms with Gasteiger partial charge in [0.2, 0.25) is 0 Å². The van der Waals surface area contributed by atoms with Crippen molar-refractivity contribution in [3.05, 3.63) is 39.7 Å². The summed E-state index contributed by atoms with van der Waals surface area (Å²) < 4.78 is 0. The molecule has 0 aliphatic heterocycles. The average molecular weight is 277 g/mol. The van der Waals surface area contributed by atoms with Crippen LogP contribution in [0.1, 0.15) is 16.2 Å². The second-order valence-corrected chi connectivity index (χ2v) is 3.75. The Morgan fingerprint density at radius 2 is 2.30 bits per heavy atom. The number of H-pyrrole nitrogens is 1. The highest BCUT2D eigenvalue weighted by Crippen LogP contribution is 2.24. The van der Waals surface area contributed by atoms with E-state index in [9.17, 15) is 14.9 Å². The lowest BCUT2D eigenvalue weighted by Gasteiger charge is -2.06. The van der Waals surface area contributed by atoms with Crippen LogP contribution in [0.5, 0.6) is 0 Å². The third-order valence-electron chi connectivity index (χ3n) is 2.52. The summed E-state index contributed by atoms with van der Waals surface area (Å²) in [7, 11) is 1.54. The lowest BCUT2D eigenvalue weighted by atomic mass is 10.1. The first kappa shape index (κ1) is 13.4. The number of amides is 1. The molecule has 0 saturated heterocycles. The van der Waals surface area contributed by atoms with E-state index < -0.39 is 4.92 Å². The Bertz CT molecular complexity index is 626. The monoisotopic (exact) mass is 277 g/mol. The first-order chi connectivity index (χ1) is 9.61. The summed E-state index contributed by atoms with van der Waals surface area (Å²) in [5, 5.41) is 29.0. The summed E-state index contributed by atoms with van der Waals surface area (Å²) >= 11 is 0. The van der Waals surface area contributed by atoms with E-state index >= 15 is 0 Å². The van der Waals surface area contributed by atoms with Crippen LogP contribution < -0.4 is 10.6 Å². The van der Waals surface area contributed by atoms with Gasteiger partial charge in [0, 0.05) is 18.7 Å². The predicted molar refractivity (Wildman–Crippen MR) is 68.0 cm³/mol. The van der Waals surface area contributed by atoms with Crippen molar-refractivity contribution >= 4 is 17.3 Å². The summed E-state index contributed by atoms with van der Waals surface area (Å²) in [4.78, 5) is 22.2. The van der Waals surface area contributed by atoms with Gasteiger partial charge in [-0.2, -0.15) is 5.21 Å². The van der Waals surface area contributed by atoms with Gasteiger partial charge >= 0.3 is 0 Å². The molecule has 1 aromatic heterocycles. The third-order valence-corrected chi connectivity index (χ3v) is 2.52. The topological polar surface area (TPSA) is 139 Å². The van der Waals surface area contributed by atoms with E-state index in [2.05, 4.69) is 31.3 Å². The van der Waals surface area contributed by atoms with Crippen LogP contribution in [0.25, 0.3) is 0 Å². The lowest BCUT2D eigenvalue weighted by Crippen LogP contribution is -2.23. The lowest BCUT2D eigenvalue weighted by molar-refractivity contribution is -0.383. The van der Waals surface area contributed by atoms with Crippen LogP contribution in [0.4, 0.5) is 11.4 Å². The molecule has 0 unspecified atom stereocenters. The Morgan fingerprint density at radius 1 is 1.50 bits per heavy atom. The van der Waals surface area contributed by atoms with Gasteiger partial charge < -0.3 is 10.6 Å². The largest absolute Gasteiger partial charge is 0.383 e. The number of rotatable bonds is 5. The van der Waals surface area contributed by atoms with Crippen molar-refractivity contribution < 1.29 is 9.72 Å². The maximum absolute atomic E-state index is 11.9. The fourth-order valence-electron chi connectivity index (χ4n) is 1.56. The number of tetrazole rings is 1. The van der Waals surface area contributed by atoms with Crippen LogP contribution >= 0.6 is 0 Å². The van der Waals surface area contributed by atoms with Crippen LogP contribution in [0.2, 0.25) is 0 Å². The number of anilines is 1. The van der Waals surface area contributed by atoms with Crippen molar-refractivity contribution in [3.8, 4) is 0 Å². The molecule has 10 nitrogen and oxygen atoms in total. The Balaban J connectivity index is 2.12. The van der Waals surface area contributed by atoms with Gasteiger partial charge in [-0.25, -0.2) is 0 Å². The minimum atomic E-state index is -0.521. The summed E-state index contributed by atoms with van der Waals surface area (Å²) in [5.74, 6) is -0.0460. The highest BCUT2D eigenvalue weighted by molar-refractivity contribution is 5.95. The molecule has 0 aliphatic rings. The summed E-state index contributed by atoms with van der Waals surface area (Å²) in [5.41, 5.74) is 0.466. The fraction of sp³-hybridized carbons (Fsp3) is 0.200. The van der Waals surface area contributed by atoms with E-state index in [1.807, 2.05) is 0 Å². The SMILES string of the molecule is CNc1cc(C(=O)NCc2nn[nH]n2)ccc1[N+](=O)[O-]. The molecular formula is C10H11N7O3.